The highest BCUT2D eigenvalue weighted by Gasteiger charge is 2.39. The van der Waals surface area contributed by atoms with Gasteiger partial charge in [-0.15, -0.1) is 0 Å². The predicted octanol–water partition coefficient (Wildman–Crippen LogP) is 8.72. The Morgan fingerprint density at radius 3 is 1.77 bits per heavy atom. The second kappa shape index (κ2) is 15.0. The van der Waals surface area contributed by atoms with Gasteiger partial charge in [0.05, 0.1) is 30.8 Å². The average molecular weight is 458 g/mol. The first-order chi connectivity index (χ1) is 14.0. The molecule has 0 rings (SSSR count). The van der Waals surface area contributed by atoms with E-state index in [4.69, 9.17) is 4.43 Å². The summed E-state index contributed by atoms with van der Waals surface area (Å²) < 4.78 is 6.68. The fourth-order valence-electron chi connectivity index (χ4n) is 3.60. The Labute approximate surface area is 191 Å². The molecule has 0 aromatic heterocycles. The summed E-state index contributed by atoms with van der Waals surface area (Å²) in [6, 6.07) is 0. The van der Waals surface area contributed by atoms with Crippen molar-refractivity contribution < 1.29 is 9.22 Å². The van der Waals surface area contributed by atoms with Gasteiger partial charge in [-0.25, -0.2) is 0 Å². The van der Waals surface area contributed by atoms with Crippen LogP contribution < -0.4 is 0 Å². The summed E-state index contributed by atoms with van der Waals surface area (Å²) in [5.74, 6) is 0.312. The molecule has 178 valence electrons. The van der Waals surface area contributed by atoms with Gasteiger partial charge in [-0.1, -0.05) is 73.8 Å². The molecule has 1 atom stereocenters. The van der Waals surface area contributed by atoms with Gasteiger partial charge >= 0.3 is 0 Å². The zero-order valence-electron chi connectivity index (χ0n) is 22.0. The monoisotopic (exact) mass is 457 g/mol. The van der Waals surface area contributed by atoms with Gasteiger partial charge in [-0.3, -0.25) is 4.79 Å². The van der Waals surface area contributed by atoms with Crippen LogP contribution in [0.25, 0.3) is 0 Å². The Kier molecular flexibility index (Phi) is 15.0. The van der Waals surface area contributed by atoms with Gasteiger partial charge in [0.1, 0.15) is 5.78 Å². The van der Waals surface area contributed by atoms with Crippen LogP contribution in [0.1, 0.15) is 99.8 Å². The molecule has 0 aromatic rings. The summed E-state index contributed by atoms with van der Waals surface area (Å²) in [5.41, 5.74) is 0. The van der Waals surface area contributed by atoms with Gasteiger partial charge in [-0.2, -0.15) is 0 Å². The predicted molar refractivity (Wildman–Crippen MR) is 142 cm³/mol. The fourth-order valence-corrected chi connectivity index (χ4v) is 9.62. The van der Waals surface area contributed by atoms with Gasteiger partial charge in [-0.05, 0) is 43.5 Å². The molecule has 0 aliphatic carbocycles. The van der Waals surface area contributed by atoms with Crippen molar-refractivity contribution in [1.29, 1.82) is 0 Å². The average Bonchev–Trinajstić information content (AvgIpc) is 2.67. The second-order valence-corrected chi connectivity index (χ2v) is 19.8. The third kappa shape index (κ3) is 11.6. The van der Waals surface area contributed by atoms with Crippen molar-refractivity contribution in [2.75, 3.05) is 24.6 Å². The molecule has 0 saturated carbocycles. The first-order valence-electron chi connectivity index (χ1n) is 12.7. The molecule has 30 heavy (non-hydrogen) atoms. The zero-order chi connectivity index (χ0) is 23.3. The Morgan fingerprint density at radius 2 is 1.40 bits per heavy atom. The van der Waals surface area contributed by atoms with Crippen LogP contribution in [-0.4, -0.2) is 44.9 Å². The van der Waals surface area contributed by atoms with Crippen molar-refractivity contribution in [3.8, 4) is 0 Å². The normalized spacial score (nSPS) is 14.4. The molecular weight excluding hydrogens is 403 g/mol. The van der Waals surface area contributed by atoms with E-state index in [1.807, 2.05) is 6.92 Å². The van der Waals surface area contributed by atoms with Crippen molar-refractivity contribution in [3.63, 3.8) is 0 Å². The lowest BCUT2D eigenvalue weighted by molar-refractivity contribution is -0.119. The Balaban J connectivity index is 5.51. The van der Waals surface area contributed by atoms with Crippen molar-refractivity contribution in [1.82, 2.24) is 0 Å². The molecule has 0 radical (unpaired) electrons. The van der Waals surface area contributed by atoms with Gasteiger partial charge in [0.15, 0.2) is 8.32 Å². The molecule has 0 aliphatic rings. The van der Waals surface area contributed by atoms with Crippen LogP contribution in [0.3, 0.4) is 0 Å². The van der Waals surface area contributed by atoms with Crippen molar-refractivity contribution in [2.24, 2.45) is 0 Å². The van der Waals surface area contributed by atoms with Crippen LogP contribution >= 0.6 is 7.26 Å². The summed E-state index contributed by atoms with van der Waals surface area (Å²) in [6.45, 7) is 20.4. The first kappa shape index (κ1) is 30.0. The van der Waals surface area contributed by atoms with E-state index in [0.717, 1.165) is 0 Å². The molecule has 0 aromatic carbocycles. The molecule has 0 N–H and O–H groups in total. The largest absolute Gasteiger partial charge is 0.410 e. The first-order valence-corrected chi connectivity index (χ1v) is 18.1. The summed E-state index contributed by atoms with van der Waals surface area (Å²) >= 11 is 0. The molecule has 0 heterocycles. The van der Waals surface area contributed by atoms with Crippen LogP contribution in [0.2, 0.25) is 18.1 Å². The molecule has 0 amide bonds. The maximum absolute atomic E-state index is 12.3. The molecule has 2 nitrogen and oxygen atoms in total. The minimum atomic E-state index is -1.90. The molecule has 0 fully saturated rings. The number of carbonyl (C=O) groups excluding carboxylic acids is 1. The zero-order valence-corrected chi connectivity index (χ0v) is 23.9. The van der Waals surface area contributed by atoms with Crippen LogP contribution in [0, 0.1) is 0 Å². The van der Waals surface area contributed by atoms with E-state index in [9.17, 15) is 4.79 Å². The number of rotatable bonds is 17. The van der Waals surface area contributed by atoms with Crippen LogP contribution in [0.15, 0.2) is 12.2 Å². The molecule has 0 bridgehead atoms. The van der Waals surface area contributed by atoms with Gasteiger partial charge in [0.2, 0.25) is 0 Å². The Hall–Kier alpha value is 0.0169. The number of hydrogen-bond donors (Lipinski definition) is 0. The van der Waals surface area contributed by atoms with E-state index in [1.54, 1.807) is 0 Å². The van der Waals surface area contributed by atoms with Crippen molar-refractivity contribution >= 4 is 21.4 Å². The summed E-state index contributed by atoms with van der Waals surface area (Å²) in [5, 5.41) is 0.161. The highest BCUT2D eigenvalue weighted by atomic mass is 31.2. The van der Waals surface area contributed by atoms with Crippen molar-refractivity contribution in [2.45, 2.75) is 124 Å². The molecule has 0 aliphatic heterocycles. The van der Waals surface area contributed by atoms with Gasteiger partial charge < -0.3 is 4.43 Å². The van der Waals surface area contributed by atoms with Crippen LogP contribution in [-0.2, 0) is 9.22 Å². The SMILES string of the molecule is CCCC[P+](C/C=C/[C@@H](CC(=O)CC)O[Si](C)(C)C(C)(C)C)(CCCC)CCCC. The second-order valence-electron chi connectivity index (χ2n) is 10.7. The van der Waals surface area contributed by atoms with E-state index in [2.05, 4.69) is 66.8 Å². The number of hydrogen-bond acceptors (Lipinski definition) is 2. The summed E-state index contributed by atoms with van der Waals surface area (Å²) in [4.78, 5) is 12.3. The number of allylic oxidation sites excluding steroid dienone is 1. The number of ketones is 1. The lowest BCUT2D eigenvalue weighted by Crippen LogP contribution is -2.44. The van der Waals surface area contributed by atoms with E-state index in [1.165, 1.54) is 63.2 Å². The maximum Gasteiger partial charge on any atom is 0.192 e. The van der Waals surface area contributed by atoms with E-state index in [-0.39, 0.29) is 11.1 Å². The van der Waals surface area contributed by atoms with Crippen molar-refractivity contribution in [3.05, 3.63) is 12.2 Å². The maximum atomic E-state index is 12.3. The fraction of sp³-hybridized carbons (Fsp3) is 0.885. The standard InChI is InChI=1S/C26H54O2PSi/c1-10-14-19-29(20-15-11-2,21-16-12-3)22-17-18-25(23-24(27)13-4)28-30(8,9)26(5,6)7/h17-18,25H,10-16,19-23H2,1-9H3/q+1/b18-17+/t25-/m0/s1. The third-order valence-corrected chi connectivity index (χ3v) is 16.2. The third-order valence-electron chi connectivity index (χ3n) is 6.88. The minimum Gasteiger partial charge on any atom is -0.410 e. The highest BCUT2D eigenvalue weighted by Crippen LogP contribution is 2.60. The Morgan fingerprint density at radius 1 is 0.933 bits per heavy atom. The lowest BCUT2D eigenvalue weighted by Gasteiger charge is -2.38. The molecule has 0 saturated heterocycles. The smallest absolute Gasteiger partial charge is 0.192 e. The minimum absolute atomic E-state index is 0.0521. The van der Waals surface area contributed by atoms with E-state index < -0.39 is 15.6 Å². The molecule has 0 unspecified atom stereocenters. The highest BCUT2D eigenvalue weighted by molar-refractivity contribution is 7.76. The quantitative estimate of drug-likeness (QED) is 0.124. The Bertz CT molecular complexity index is 472. The van der Waals surface area contributed by atoms with E-state index >= 15 is 0 Å². The lowest BCUT2D eigenvalue weighted by atomic mass is 10.1. The number of carbonyl (C=O) groups is 1. The van der Waals surface area contributed by atoms with Gasteiger partial charge in [0, 0.05) is 20.1 Å². The van der Waals surface area contributed by atoms with Crippen LogP contribution in [0.4, 0.5) is 0 Å². The number of Topliss-reactive ketones (excluding diaryl/α,β-unsaturated/α-hetero) is 1. The van der Waals surface area contributed by atoms with E-state index in [0.29, 0.717) is 18.6 Å². The van der Waals surface area contributed by atoms with Gasteiger partial charge in [0.25, 0.3) is 0 Å². The topological polar surface area (TPSA) is 26.3 Å². The summed E-state index contributed by atoms with van der Waals surface area (Å²) in [7, 11) is -2.84. The molecular formula is C26H54O2PSi+. The van der Waals surface area contributed by atoms with Crippen LogP contribution in [0.5, 0.6) is 0 Å². The molecule has 4 heteroatoms. The number of unbranched alkanes of at least 4 members (excludes halogenated alkanes) is 3. The molecule has 0 spiro atoms. The summed E-state index contributed by atoms with van der Waals surface area (Å²) in [6.07, 6.45) is 19.3.